The number of hydrogen-bond donors (Lipinski definition) is 2. The van der Waals surface area contributed by atoms with E-state index in [9.17, 15) is 14.4 Å². The van der Waals surface area contributed by atoms with Crippen LogP contribution in [0, 0.1) is 12.8 Å². The third-order valence-electron chi connectivity index (χ3n) is 7.86. The molecule has 1 aromatic heterocycles. The zero-order valence-electron chi connectivity index (χ0n) is 23.5. The molecule has 0 saturated carbocycles. The monoisotopic (exact) mass is 536 g/mol. The third kappa shape index (κ3) is 5.11. The Hall–Kier alpha value is -4.39. The van der Waals surface area contributed by atoms with E-state index in [2.05, 4.69) is 34.5 Å². The van der Waals surface area contributed by atoms with Crippen LogP contribution in [0.3, 0.4) is 0 Å². The second-order valence-corrected chi connectivity index (χ2v) is 10.9. The summed E-state index contributed by atoms with van der Waals surface area (Å²) in [4.78, 5) is 42.1. The highest BCUT2D eigenvalue weighted by atomic mass is 16.2. The van der Waals surface area contributed by atoms with E-state index in [1.807, 2.05) is 87.6 Å². The Morgan fingerprint density at radius 1 is 0.900 bits per heavy atom. The van der Waals surface area contributed by atoms with Gasteiger partial charge >= 0.3 is 0 Å². The number of benzene rings is 3. The molecule has 0 spiro atoms. The number of fused-ring (bicyclic) bond motifs is 2. The number of amides is 3. The van der Waals surface area contributed by atoms with Gasteiger partial charge in [-0.25, -0.2) is 0 Å². The number of hydrazine groups is 1. The standard InChI is InChI=1S/C33H36N4O3/c1-21(2)20-28(32(39)35-34-29(38)19-18-23-12-6-5-7-13-23)37-31(24-14-8-9-15-25(24)33(37)40)30-22(3)36(4)27-17-11-10-16-26(27)30/h5-17,21,28,31H,18-20H2,1-4H3,(H,34,38)(H,35,39). The Labute approximate surface area is 235 Å². The van der Waals surface area contributed by atoms with Crippen molar-refractivity contribution >= 4 is 28.6 Å². The van der Waals surface area contributed by atoms with Crippen LogP contribution in [-0.2, 0) is 23.1 Å². The van der Waals surface area contributed by atoms with Crippen molar-refractivity contribution in [3.8, 4) is 0 Å². The summed E-state index contributed by atoms with van der Waals surface area (Å²) in [7, 11) is 2.03. The molecule has 2 heterocycles. The number of aromatic nitrogens is 1. The van der Waals surface area contributed by atoms with Crippen LogP contribution in [0.4, 0.5) is 0 Å². The average Bonchev–Trinajstić information content (AvgIpc) is 3.39. The highest BCUT2D eigenvalue weighted by Gasteiger charge is 2.45. The summed E-state index contributed by atoms with van der Waals surface area (Å²) in [5, 5.41) is 1.06. The molecule has 1 aliphatic heterocycles. The molecule has 3 amide bonds. The van der Waals surface area contributed by atoms with E-state index in [0.717, 1.165) is 33.3 Å². The first kappa shape index (κ1) is 27.2. The molecule has 0 aliphatic carbocycles. The molecule has 7 heteroatoms. The predicted molar refractivity (Wildman–Crippen MR) is 156 cm³/mol. The molecule has 3 aromatic carbocycles. The molecule has 206 valence electrons. The molecule has 0 radical (unpaired) electrons. The van der Waals surface area contributed by atoms with Crippen molar-refractivity contribution in [3.63, 3.8) is 0 Å². The number of aryl methyl sites for hydroxylation is 2. The van der Waals surface area contributed by atoms with Crippen molar-refractivity contribution in [2.24, 2.45) is 13.0 Å². The predicted octanol–water partition coefficient (Wildman–Crippen LogP) is 5.23. The zero-order valence-corrected chi connectivity index (χ0v) is 23.5. The van der Waals surface area contributed by atoms with E-state index < -0.39 is 18.0 Å². The normalized spacial score (nSPS) is 15.4. The van der Waals surface area contributed by atoms with Crippen LogP contribution in [0.25, 0.3) is 10.9 Å². The van der Waals surface area contributed by atoms with Crippen LogP contribution in [-0.4, -0.2) is 33.2 Å². The fourth-order valence-corrected chi connectivity index (χ4v) is 5.82. The number of nitrogens with zero attached hydrogens (tertiary/aromatic N) is 2. The van der Waals surface area contributed by atoms with Crippen molar-refractivity contribution < 1.29 is 14.4 Å². The number of hydrogen-bond acceptors (Lipinski definition) is 3. The summed E-state index contributed by atoms with van der Waals surface area (Å²) >= 11 is 0. The van der Waals surface area contributed by atoms with Crippen LogP contribution in [0.15, 0.2) is 78.9 Å². The fourth-order valence-electron chi connectivity index (χ4n) is 5.82. The number of nitrogens with one attached hydrogen (secondary N) is 2. The van der Waals surface area contributed by atoms with Gasteiger partial charge in [-0.3, -0.25) is 25.2 Å². The van der Waals surface area contributed by atoms with E-state index >= 15 is 0 Å². The third-order valence-corrected chi connectivity index (χ3v) is 7.86. The molecule has 0 bridgehead atoms. The maximum Gasteiger partial charge on any atom is 0.261 e. The lowest BCUT2D eigenvalue weighted by Gasteiger charge is -2.34. The Balaban J connectivity index is 1.46. The second kappa shape index (κ2) is 11.4. The van der Waals surface area contributed by atoms with Crippen molar-refractivity contribution in [1.82, 2.24) is 20.3 Å². The highest BCUT2D eigenvalue weighted by Crippen LogP contribution is 2.45. The summed E-state index contributed by atoms with van der Waals surface area (Å²) < 4.78 is 2.14. The number of carbonyl (C=O) groups excluding carboxylic acids is 3. The van der Waals surface area contributed by atoms with E-state index in [4.69, 9.17) is 0 Å². The minimum Gasteiger partial charge on any atom is -0.348 e. The SMILES string of the molecule is Cc1c(C2c3ccccc3C(=O)N2C(CC(C)C)C(=O)NNC(=O)CCc2ccccc2)c2ccccc2n1C. The van der Waals surface area contributed by atoms with Crippen molar-refractivity contribution in [2.45, 2.75) is 52.1 Å². The Bertz CT molecular complexity index is 1560. The highest BCUT2D eigenvalue weighted by molar-refractivity contribution is 6.03. The largest absolute Gasteiger partial charge is 0.348 e. The number of carbonyl (C=O) groups is 3. The van der Waals surface area contributed by atoms with Crippen LogP contribution >= 0.6 is 0 Å². The molecule has 1 aliphatic rings. The maximum absolute atomic E-state index is 14.0. The molecular formula is C33H36N4O3. The van der Waals surface area contributed by atoms with Gasteiger partial charge in [-0.2, -0.15) is 0 Å². The van der Waals surface area contributed by atoms with Gasteiger partial charge in [0.2, 0.25) is 5.91 Å². The lowest BCUT2D eigenvalue weighted by molar-refractivity contribution is -0.132. The zero-order chi connectivity index (χ0) is 28.4. The van der Waals surface area contributed by atoms with Crippen molar-refractivity contribution in [2.75, 3.05) is 0 Å². The van der Waals surface area contributed by atoms with Crippen LogP contribution < -0.4 is 10.9 Å². The van der Waals surface area contributed by atoms with Gasteiger partial charge in [0.25, 0.3) is 11.8 Å². The fraction of sp³-hybridized carbons (Fsp3) is 0.303. The van der Waals surface area contributed by atoms with Gasteiger partial charge in [-0.05, 0) is 48.9 Å². The molecule has 7 nitrogen and oxygen atoms in total. The van der Waals surface area contributed by atoms with Gasteiger partial charge in [-0.15, -0.1) is 0 Å². The van der Waals surface area contributed by atoms with Crippen molar-refractivity contribution in [1.29, 1.82) is 0 Å². The first-order valence-electron chi connectivity index (χ1n) is 13.9. The first-order valence-corrected chi connectivity index (χ1v) is 13.9. The Morgan fingerprint density at radius 3 is 2.33 bits per heavy atom. The molecule has 5 rings (SSSR count). The summed E-state index contributed by atoms with van der Waals surface area (Å²) in [6, 6.07) is 24.3. The molecule has 2 N–H and O–H groups in total. The number of rotatable bonds is 8. The Kier molecular flexibility index (Phi) is 7.74. The smallest absolute Gasteiger partial charge is 0.261 e. The minimum absolute atomic E-state index is 0.135. The lowest BCUT2D eigenvalue weighted by atomic mass is 9.93. The molecular weight excluding hydrogens is 500 g/mol. The summed E-state index contributed by atoms with van der Waals surface area (Å²) in [6.07, 6.45) is 1.26. The summed E-state index contributed by atoms with van der Waals surface area (Å²) in [6.45, 7) is 6.12. The van der Waals surface area contributed by atoms with Gasteiger partial charge in [0.05, 0.1) is 6.04 Å². The maximum atomic E-state index is 14.0. The van der Waals surface area contributed by atoms with Crippen LogP contribution in [0.5, 0.6) is 0 Å². The lowest BCUT2D eigenvalue weighted by Crippen LogP contribution is -2.54. The second-order valence-electron chi connectivity index (χ2n) is 10.9. The van der Waals surface area contributed by atoms with E-state index in [1.165, 1.54) is 0 Å². The van der Waals surface area contributed by atoms with E-state index in [-0.39, 0.29) is 24.2 Å². The minimum atomic E-state index is -0.780. The summed E-state index contributed by atoms with van der Waals surface area (Å²) in [5.74, 6) is -0.719. The molecule has 2 atom stereocenters. The first-order chi connectivity index (χ1) is 19.3. The van der Waals surface area contributed by atoms with Gasteiger partial charge in [0, 0.05) is 41.2 Å². The van der Waals surface area contributed by atoms with E-state index in [1.54, 1.807) is 4.90 Å². The van der Waals surface area contributed by atoms with Gasteiger partial charge in [0.15, 0.2) is 0 Å². The molecule has 2 unspecified atom stereocenters. The molecule has 40 heavy (non-hydrogen) atoms. The van der Waals surface area contributed by atoms with Gasteiger partial charge in [-0.1, -0.05) is 80.6 Å². The van der Waals surface area contributed by atoms with Crippen molar-refractivity contribution in [3.05, 3.63) is 107 Å². The molecule has 0 fully saturated rings. The van der Waals surface area contributed by atoms with Gasteiger partial charge < -0.3 is 9.47 Å². The van der Waals surface area contributed by atoms with E-state index in [0.29, 0.717) is 18.4 Å². The van der Waals surface area contributed by atoms with Crippen LogP contribution in [0.2, 0.25) is 0 Å². The number of para-hydroxylation sites is 1. The molecule has 0 saturated heterocycles. The van der Waals surface area contributed by atoms with Gasteiger partial charge in [0.1, 0.15) is 6.04 Å². The quantitative estimate of drug-likeness (QED) is 0.303. The average molecular weight is 537 g/mol. The summed E-state index contributed by atoms with van der Waals surface area (Å²) in [5.41, 5.74) is 10.9. The van der Waals surface area contributed by atoms with Crippen LogP contribution in [0.1, 0.15) is 65.5 Å². The Morgan fingerprint density at radius 2 is 1.57 bits per heavy atom. The molecule has 4 aromatic rings. The topological polar surface area (TPSA) is 83.4 Å².